The van der Waals surface area contributed by atoms with Gasteiger partial charge in [-0.1, -0.05) is 44.9 Å². The molecule has 3 heteroatoms. The van der Waals surface area contributed by atoms with E-state index in [9.17, 15) is 4.79 Å². The van der Waals surface area contributed by atoms with Crippen LogP contribution in [0.2, 0.25) is 0 Å². The third kappa shape index (κ3) is 2.73. The van der Waals surface area contributed by atoms with Gasteiger partial charge in [0.1, 0.15) is 0 Å². The summed E-state index contributed by atoms with van der Waals surface area (Å²) >= 11 is 0. The predicted molar refractivity (Wildman–Crippen MR) is 83.9 cm³/mol. The molecule has 1 aliphatic rings. The second-order valence-electron chi connectivity index (χ2n) is 6.34. The second-order valence-corrected chi connectivity index (χ2v) is 6.34. The molecule has 3 nitrogen and oxygen atoms in total. The molecular weight excluding hydrogens is 248 g/mol. The van der Waals surface area contributed by atoms with E-state index in [1.807, 2.05) is 13.0 Å². The zero-order valence-electron chi connectivity index (χ0n) is 12.8. The molecule has 3 N–H and O–H groups in total. The fourth-order valence-corrected chi connectivity index (χ4v) is 3.16. The molecule has 0 bridgehead atoms. The maximum Gasteiger partial charge on any atom is 0.231 e. The lowest BCUT2D eigenvalue weighted by Crippen LogP contribution is -2.40. The summed E-state index contributed by atoms with van der Waals surface area (Å²) in [5.74, 6) is 0.497. The molecule has 1 fully saturated rings. The second kappa shape index (κ2) is 5.96. The third-order valence-corrected chi connectivity index (χ3v) is 4.60. The molecule has 1 aromatic carbocycles. The van der Waals surface area contributed by atoms with Gasteiger partial charge in [0, 0.05) is 12.2 Å². The molecule has 20 heavy (non-hydrogen) atoms. The van der Waals surface area contributed by atoms with Crippen LogP contribution >= 0.6 is 0 Å². The number of anilines is 1. The van der Waals surface area contributed by atoms with Gasteiger partial charge in [0.05, 0.1) is 5.41 Å². The van der Waals surface area contributed by atoms with E-state index in [2.05, 4.69) is 31.3 Å². The van der Waals surface area contributed by atoms with Crippen molar-refractivity contribution in [2.75, 3.05) is 11.9 Å². The van der Waals surface area contributed by atoms with E-state index >= 15 is 0 Å². The van der Waals surface area contributed by atoms with Crippen molar-refractivity contribution < 1.29 is 4.79 Å². The Kier molecular flexibility index (Phi) is 4.48. The molecule has 0 spiro atoms. The Morgan fingerprint density at radius 3 is 2.55 bits per heavy atom. The van der Waals surface area contributed by atoms with Crippen molar-refractivity contribution in [1.82, 2.24) is 0 Å². The molecule has 0 aliphatic heterocycles. The van der Waals surface area contributed by atoms with Crippen molar-refractivity contribution in [1.29, 1.82) is 0 Å². The summed E-state index contributed by atoms with van der Waals surface area (Å²) in [4.78, 5) is 12.7. The van der Waals surface area contributed by atoms with Crippen LogP contribution in [0.4, 0.5) is 5.69 Å². The third-order valence-electron chi connectivity index (χ3n) is 4.60. The normalized spacial score (nSPS) is 17.4. The van der Waals surface area contributed by atoms with E-state index in [1.165, 1.54) is 5.56 Å². The lowest BCUT2D eigenvalue weighted by atomic mass is 9.85. The standard InChI is InChI=1S/C17H26N2O/c1-12(2)14-8-6-7-13(3)15(14)19-16(20)17(11-18)9-4-5-10-17/h6-8,12H,4-5,9-11,18H2,1-3H3,(H,19,20). The van der Waals surface area contributed by atoms with Gasteiger partial charge in [-0.3, -0.25) is 4.79 Å². The van der Waals surface area contributed by atoms with Crippen LogP contribution in [0, 0.1) is 12.3 Å². The van der Waals surface area contributed by atoms with Crippen LogP contribution in [0.3, 0.4) is 0 Å². The topological polar surface area (TPSA) is 55.1 Å². The van der Waals surface area contributed by atoms with Gasteiger partial charge < -0.3 is 11.1 Å². The van der Waals surface area contributed by atoms with E-state index < -0.39 is 0 Å². The molecule has 2 rings (SSSR count). The fraction of sp³-hybridized carbons (Fsp3) is 0.588. The Labute approximate surface area is 121 Å². The number of aryl methyl sites for hydroxylation is 1. The summed E-state index contributed by atoms with van der Waals surface area (Å²) in [5, 5.41) is 3.17. The molecule has 0 heterocycles. The number of carbonyl (C=O) groups is 1. The van der Waals surface area contributed by atoms with Crippen LogP contribution in [0.25, 0.3) is 0 Å². The molecule has 0 saturated heterocycles. The van der Waals surface area contributed by atoms with Crippen LogP contribution in [0.15, 0.2) is 18.2 Å². The molecule has 110 valence electrons. The maximum atomic E-state index is 12.7. The van der Waals surface area contributed by atoms with Gasteiger partial charge in [-0.2, -0.15) is 0 Å². The Morgan fingerprint density at radius 1 is 1.35 bits per heavy atom. The van der Waals surface area contributed by atoms with Crippen LogP contribution in [-0.2, 0) is 4.79 Å². The highest BCUT2D eigenvalue weighted by molar-refractivity contribution is 5.97. The summed E-state index contributed by atoms with van der Waals surface area (Å²) < 4.78 is 0. The number of carbonyl (C=O) groups excluding carboxylic acids is 1. The molecule has 0 aromatic heterocycles. The number of rotatable bonds is 4. The molecule has 0 unspecified atom stereocenters. The highest BCUT2D eigenvalue weighted by Crippen LogP contribution is 2.39. The summed E-state index contributed by atoms with van der Waals surface area (Å²) in [6.45, 7) is 6.80. The van der Waals surface area contributed by atoms with E-state index in [0.29, 0.717) is 12.5 Å². The average Bonchev–Trinajstić information content (AvgIpc) is 2.90. The average molecular weight is 274 g/mol. The highest BCUT2D eigenvalue weighted by atomic mass is 16.2. The maximum absolute atomic E-state index is 12.7. The highest BCUT2D eigenvalue weighted by Gasteiger charge is 2.40. The summed E-state index contributed by atoms with van der Waals surface area (Å²) in [7, 11) is 0. The molecule has 1 aromatic rings. The first-order valence-corrected chi connectivity index (χ1v) is 7.61. The lowest BCUT2D eigenvalue weighted by Gasteiger charge is -2.27. The Morgan fingerprint density at radius 2 is 2.00 bits per heavy atom. The van der Waals surface area contributed by atoms with Gasteiger partial charge in [-0.15, -0.1) is 0 Å². The summed E-state index contributed by atoms with van der Waals surface area (Å²) in [6.07, 6.45) is 4.04. The van der Waals surface area contributed by atoms with Crippen LogP contribution < -0.4 is 11.1 Å². The van der Waals surface area contributed by atoms with Crippen LogP contribution in [0.5, 0.6) is 0 Å². The van der Waals surface area contributed by atoms with Crippen molar-refractivity contribution in [2.45, 2.75) is 52.4 Å². The Balaban J connectivity index is 2.28. The van der Waals surface area contributed by atoms with E-state index in [4.69, 9.17) is 5.73 Å². The summed E-state index contributed by atoms with van der Waals surface area (Å²) in [6, 6.07) is 6.19. The molecular formula is C17H26N2O. The molecule has 0 radical (unpaired) electrons. The largest absolute Gasteiger partial charge is 0.329 e. The van der Waals surface area contributed by atoms with Crippen molar-refractivity contribution in [3.63, 3.8) is 0 Å². The minimum atomic E-state index is -0.351. The van der Waals surface area contributed by atoms with Crippen LogP contribution in [0.1, 0.15) is 56.6 Å². The van der Waals surface area contributed by atoms with Crippen molar-refractivity contribution >= 4 is 11.6 Å². The van der Waals surface area contributed by atoms with E-state index in [0.717, 1.165) is 36.9 Å². The quantitative estimate of drug-likeness (QED) is 0.881. The van der Waals surface area contributed by atoms with Gasteiger partial charge >= 0.3 is 0 Å². The summed E-state index contributed by atoms with van der Waals surface area (Å²) in [5.41, 5.74) is 8.84. The monoisotopic (exact) mass is 274 g/mol. The minimum Gasteiger partial charge on any atom is -0.329 e. The number of hydrogen-bond donors (Lipinski definition) is 2. The number of hydrogen-bond acceptors (Lipinski definition) is 2. The molecule has 1 saturated carbocycles. The van der Waals surface area contributed by atoms with Crippen molar-refractivity contribution in [2.24, 2.45) is 11.1 Å². The number of amides is 1. The van der Waals surface area contributed by atoms with Gasteiger partial charge in [-0.25, -0.2) is 0 Å². The number of para-hydroxylation sites is 1. The van der Waals surface area contributed by atoms with Gasteiger partial charge in [-0.05, 0) is 36.8 Å². The van der Waals surface area contributed by atoms with E-state index in [-0.39, 0.29) is 11.3 Å². The van der Waals surface area contributed by atoms with Crippen molar-refractivity contribution in [3.05, 3.63) is 29.3 Å². The first kappa shape index (κ1) is 15.0. The van der Waals surface area contributed by atoms with Gasteiger partial charge in [0.2, 0.25) is 5.91 Å². The Bertz CT molecular complexity index is 488. The first-order chi connectivity index (χ1) is 9.50. The minimum absolute atomic E-state index is 0.105. The predicted octanol–water partition coefficient (Wildman–Crippen LogP) is 3.58. The van der Waals surface area contributed by atoms with Crippen LogP contribution in [-0.4, -0.2) is 12.5 Å². The zero-order valence-corrected chi connectivity index (χ0v) is 12.8. The number of nitrogens with two attached hydrogens (primary N) is 1. The SMILES string of the molecule is Cc1cccc(C(C)C)c1NC(=O)C1(CN)CCCC1. The number of benzene rings is 1. The Hall–Kier alpha value is -1.35. The first-order valence-electron chi connectivity index (χ1n) is 7.61. The fourth-order valence-electron chi connectivity index (χ4n) is 3.16. The molecule has 1 aliphatic carbocycles. The van der Waals surface area contributed by atoms with Gasteiger partial charge in [0.15, 0.2) is 0 Å². The van der Waals surface area contributed by atoms with Gasteiger partial charge in [0.25, 0.3) is 0 Å². The number of nitrogens with one attached hydrogen (secondary N) is 1. The smallest absolute Gasteiger partial charge is 0.231 e. The van der Waals surface area contributed by atoms with E-state index in [1.54, 1.807) is 0 Å². The molecule has 0 atom stereocenters. The van der Waals surface area contributed by atoms with Crippen molar-refractivity contribution in [3.8, 4) is 0 Å². The molecule has 1 amide bonds. The lowest BCUT2D eigenvalue weighted by molar-refractivity contribution is -0.124. The zero-order chi connectivity index (χ0) is 14.8.